The molecule has 0 aliphatic rings. The van der Waals surface area contributed by atoms with Crippen molar-refractivity contribution in [3.63, 3.8) is 0 Å². The van der Waals surface area contributed by atoms with Crippen LogP contribution in [-0.2, 0) is 14.3 Å². The van der Waals surface area contributed by atoms with Gasteiger partial charge in [0.25, 0.3) is 0 Å². The number of amides is 1. The summed E-state index contributed by atoms with van der Waals surface area (Å²) in [6.07, 6.45) is 2.45. The molecule has 2 N–H and O–H groups in total. The fraction of sp³-hybridized carbons (Fsp3) is 0.923. The summed E-state index contributed by atoms with van der Waals surface area (Å²) in [6, 6.07) is 0. The van der Waals surface area contributed by atoms with E-state index in [2.05, 4.69) is 6.92 Å². The van der Waals surface area contributed by atoms with Crippen LogP contribution in [0.3, 0.4) is 0 Å². The number of hydrogen-bond acceptors (Lipinski definition) is 4. The van der Waals surface area contributed by atoms with Gasteiger partial charge in [0.05, 0.1) is 13.2 Å². The lowest BCUT2D eigenvalue weighted by Crippen LogP contribution is -2.36. The minimum Gasteiger partial charge on any atom is -0.383 e. The molecule has 0 bridgehead atoms. The lowest BCUT2D eigenvalue weighted by atomic mass is 10.0. The van der Waals surface area contributed by atoms with Gasteiger partial charge in [0, 0.05) is 33.7 Å². The summed E-state index contributed by atoms with van der Waals surface area (Å²) in [6.45, 7) is 5.21. The van der Waals surface area contributed by atoms with Crippen LogP contribution in [0.2, 0.25) is 0 Å². The van der Waals surface area contributed by atoms with E-state index in [-0.39, 0.29) is 5.91 Å². The Morgan fingerprint density at radius 3 is 2.17 bits per heavy atom. The highest BCUT2D eigenvalue weighted by Gasteiger charge is 2.14. The Hall–Kier alpha value is -0.650. The van der Waals surface area contributed by atoms with E-state index in [0.29, 0.717) is 45.2 Å². The second-order valence-electron chi connectivity index (χ2n) is 4.59. The van der Waals surface area contributed by atoms with Gasteiger partial charge in [-0.15, -0.1) is 0 Å². The van der Waals surface area contributed by atoms with Crippen LogP contribution < -0.4 is 5.73 Å². The molecule has 0 fully saturated rings. The fourth-order valence-electron chi connectivity index (χ4n) is 1.72. The molecule has 0 aliphatic heterocycles. The summed E-state index contributed by atoms with van der Waals surface area (Å²) in [7, 11) is 3.28. The number of hydrogen-bond donors (Lipinski definition) is 1. The highest BCUT2D eigenvalue weighted by Crippen LogP contribution is 2.10. The molecule has 0 aromatic rings. The van der Waals surface area contributed by atoms with Crippen LogP contribution in [0.4, 0.5) is 0 Å². The van der Waals surface area contributed by atoms with Gasteiger partial charge in [0.1, 0.15) is 0 Å². The van der Waals surface area contributed by atoms with Gasteiger partial charge in [0.2, 0.25) is 5.91 Å². The monoisotopic (exact) mass is 260 g/mol. The van der Waals surface area contributed by atoms with Crippen molar-refractivity contribution in [2.45, 2.75) is 26.2 Å². The summed E-state index contributed by atoms with van der Waals surface area (Å²) in [5.74, 6) is 0.679. The van der Waals surface area contributed by atoms with Gasteiger partial charge in [-0.3, -0.25) is 4.79 Å². The van der Waals surface area contributed by atoms with Crippen LogP contribution in [0.1, 0.15) is 26.2 Å². The molecule has 0 saturated heterocycles. The van der Waals surface area contributed by atoms with E-state index in [4.69, 9.17) is 15.2 Å². The van der Waals surface area contributed by atoms with E-state index in [1.165, 1.54) is 0 Å². The first-order chi connectivity index (χ1) is 8.65. The minimum atomic E-state index is 0.174. The Balaban J connectivity index is 4.02. The van der Waals surface area contributed by atoms with Crippen molar-refractivity contribution < 1.29 is 14.3 Å². The zero-order valence-corrected chi connectivity index (χ0v) is 12.0. The molecule has 0 aromatic carbocycles. The van der Waals surface area contributed by atoms with E-state index in [0.717, 1.165) is 12.8 Å². The third kappa shape index (κ3) is 8.44. The van der Waals surface area contributed by atoms with Gasteiger partial charge in [-0.2, -0.15) is 0 Å². The summed E-state index contributed by atoms with van der Waals surface area (Å²) in [5, 5.41) is 0. The third-order valence-electron chi connectivity index (χ3n) is 2.99. The Kier molecular flexibility index (Phi) is 11.0. The topological polar surface area (TPSA) is 64.8 Å². The summed E-state index contributed by atoms with van der Waals surface area (Å²) in [4.78, 5) is 13.9. The SMILES string of the molecule is COCCN(CCOC)C(=O)CCC(C)CCN. The summed E-state index contributed by atoms with van der Waals surface area (Å²) >= 11 is 0. The van der Waals surface area contributed by atoms with E-state index in [1.807, 2.05) is 4.90 Å². The predicted octanol–water partition coefficient (Wildman–Crippen LogP) is 0.873. The van der Waals surface area contributed by atoms with E-state index in [1.54, 1.807) is 14.2 Å². The second kappa shape index (κ2) is 11.4. The highest BCUT2D eigenvalue weighted by atomic mass is 16.5. The molecular weight excluding hydrogens is 232 g/mol. The number of ether oxygens (including phenoxy) is 2. The Labute approximate surface area is 111 Å². The van der Waals surface area contributed by atoms with Crippen molar-refractivity contribution in [1.82, 2.24) is 4.90 Å². The number of rotatable bonds is 11. The van der Waals surface area contributed by atoms with Crippen molar-refractivity contribution >= 4 is 5.91 Å². The number of nitrogens with zero attached hydrogens (tertiary/aromatic N) is 1. The quantitative estimate of drug-likeness (QED) is 0.599. The lowest BCUT2D eigenvalue weighted by Gasteiger charge is -2.22. The van der Waals surface area contributed by atoms with Gasteiger partial charge in [-0.1, -0.05) is 6.92 Å². The number of nitrogens with two attached hydrogens (primary N) is 1. The minimum absolute atomic E-state index is 0.174. The molecule has 5 heteroatoms. The molecule has 0 rings (SSSR count). The predicted molar refractivity (Wildman–Crippen MR) is 72.4 cm³/mol. The normalized spacial score (nSPS) is 12.4. The first kappa shape index (κ1) is 17.4. The molecule has 18 heavy (non-hydrogen) atoms. The Morgan fingerprint density at radius 1 is 1.17 bits per heavy atom. The van der Waals surface area contributed by atoms with Crippen LogP contribution in [-0.4, -0.2) is 57.9 Å². The van der Waals surface area contributed by atoms with Crippen molar-refractivity contribution in [3.8, 4) is 0 Å². The zero-order valence-electron chi connectivity index (χ0n) is 12.0. The highest BCUT2D eigenvalue weighted by molar-refractivity contribution is 5.76. The van der Waals surface area contributed by atoms with Crippen molar-refractivity contribution in [2.75, 3.05) is 47.1 Å². The molecule has 1 amide bonds. The molecule has 5 nitrogen and oxygen atoms in total. The Bertz CT molecular complexity index is 204. The maximum absolute atomic E-state index is 12.0. The van der Waals surface area contributed by atoms with Crippen LogP contribution in [0.15, 0.2) is 0 Å². The van der Waals surface area contributed by atoms with Crippen LogP contribution in [0.5, 0.6) is 0 Å². The molecule has 108 valence electrons. The maximum Gasteiger partial charge on any atom is 0.222 e. The molecule has 0 aliphatic carbocycles. The lowest BCUT2D eigenvalue weighted by molar-refractivity contribution is -0.132. The molecule has 0 heterocycles. The van der Waals surface area contributed by atoms with Crippen molar-refractivity contribution in [2.24, 2.45) is 11.7 Å². The van der Waals surface area contributed by atoms with Gasteiger partial charge in [-0.25, -0.2) is 0 Å². The van der Waals surface area contributed by atoms with Gasteiger partial charge in [-0.05, 0) is 25.3 Å². The van der Waals surface area contributed by atoms with E-state index in [9.17, 15) is 4.79 Å². The molecule has 0 aromatic heterocycles. The average Bonchev–Trinajstić information content (AvgIpc) is 2.36. The standard InChI is InChI=1S/C13H28N2O3/c1-12(6-7-14)4-5-13(16)15(8-10-17-2)9-11-18-3/h12H,4-11,14H2,1-3H3. The first-order valence-corrected chi connectivity index (χ1v) is 6.61. The van der Waals surface area contributed by atoms with Crippen molar-refractivity contribution in [3.05, 3.63) is 0 Å². The second-order valence-corrected chi connectivity index (χ2v) is 4.59. The fourth-order valence-corrected chi connectivity index (χ4v) is 1.72. The molecule has 0 saturated carbocycles. The maximum atomic E-state index is 12.0. The number of carbonyl (C=O) groups is 1. The molecule has 1 unspecified atom stereocenters. The number of methoxy groups -OCH3 is 2. The molecular formula is C13H28N2O3. The largest absolute Gasteiger partial charge is 0.383 e. The van der Waals surface area contributed by atoms with Crippen molar-refractivity contribution in [1.29, 1.82) is 0 Å². The first-order valence-electron chi connectivity index (χ1n) is 6.61. The smallest absolute Gasteiger partial charge is 0.222 e. The number of carbonyl (C=O) groups excluding carboxylic acids is 1. The van der Waals surface area contributed by atoms with E-state index >= 15 is 0 Å². The molecule has 0 radical (unpaired) electrons. The Morgan fingerprint density at radius 2 is 1.72 bits per heavy atom. The molecule has 0 spiro atoms. The average molecular weight is 260 g/mol. The van der Waals surface area contributed by atoms with E-state index < -0.39 is 0 Å². The van der Waals surface area contributed by atoms with Crippen LogP contribution in [0, 0.1) is 5.92 Å². The molecule has 1 atom stereocenters. The van der Waals surface area contributed by atoms with Crippen LogP contribution in [0.25, 0.3) is 0 Å². The summed E-state index contributed by atoms with van der Waals surface area (Å²) in [5.41, 5.74) is 5.50. The van der Waals surface area contributed by atoms with Gasteiger partial charge >= 0.3 is 0 Å². The van der Waals surface area contributed by atoms with Gasteiger partial charge < -0.3 is 20.1 Å². The van der Waals surface area contributed by atoms with Gasteiger partial charge in [0.15, 0.2) is 0 Å². The zero-order chi connectivity index (χ0) is 13.8. The van der Waals surface area contributed by atoms with Crippen LogP contribution >= 0.6 is 0 Å². The third-order valence-corrected chi connectivity index (χ3v) is 2.99. The summed E-state index contributed by atoms with van der Waals surface area (Å²) < 4.78 is 10.0.